The summed E-state index contributed by atoms with van der Waals surface area (Å²) in [6.45, 7) is -0.115. The largest absolute Gasteiger partial charge is 0.475 e. The minimum Gasteiger partial charge on any atom is -0.475 e. The molecule has 0 aliphatic heterocycles. The second-order valence-electron chi connectivity index (χ2n) is 2.63. The number of aromatic nitrogens is 1. The number of aliphatic hydroxyl groups is 1. The molecule has 0 saturated heterocycles. The van der Waals surface area contributed by atoms with E-state index in [1.54, 1.807) is 7.05 Å². The molecule has 0 atom stereocenters. The fraction of sp³-hybridized carbons (Fsp3) is 0.375. The highest BCUT2D eigenvalue weighted by molar-refractivity contribution is 5.47. The Morgan fingerprint density at radius 3 is 2.93 bits per heavy atom. The maximum Gasteiger partial charge on any atom is 0.278 e. The minimum absolute atomic E-state index is 0.0529. The molecule has 0 radical (unpaired) electrons. The number of nitrogens with one attached hydrogen (secondary N) is 1. The predicted molar refractivity (Wildman–Crippen MR) is 53.0 cm³/mol. The van der Waals surface area contributed by atoms with Gasteiger partial charge < -0.3 is 15.2 Å². The third-order valence-electron chi connectivity index (χ3n) is 1.59. The Balaban J connectivity index is 2.95. The Labute approximate surface area is 85.9 Å². The smallest absolute Gasteiger partial charge is 0.278 e. The molecule has 2 N–H and O–H groups in total. The van der Waals surface area contributed by atoms with Crippen molar-refractivity contribution < 1.29 is 14.8 Å². The number of pyridine rings is 1. The normalized spacial score (nSPS) is 9.73. The second-order valence-corrected chi connectivity index (χ2v) is 2.63. The van der Waals surface area contributed by atoms with Gasteiger partial charge in [-0.15, -0.1) is 0 Å². The summed E-state index contributed by atoms with van der Waals surface area (Å²) < 4.78 is 4.98. The van der Waals surface area contributed by atoms with Crippen LogP contribution in [-0.4, -0.2) is 35.3 Å². The lowest BCUT2D eigenvalue weighted by Gasteiger charge is -2.05. The Kier molecular flexibility index (Phi) is 3.81. The van der Waals surface area contributed by atoms with Crippen molar-refractivity contribution in [3.8, 4) is 5.88 Å². The van der Waals surface area contributed by atoms with Gasteiger partial charge in [0.05, 0.1) is 23.7 Å². The molecule has 1 aromatic rings. The van der Waals surface area contributed by atoms with E-state index in [9.17, 15) is 10.1 Å². The third kappa shape index (κ3) is 3.06. The van der Waals surface area contributed by atoms with Gasteiger partial charge in [0.1, 0.15) is 12.4 Å². The van der Waals surface area contributed by atoms with Gasteiger partial charge in [0.25, 0.3) is 5.69 Å². The maximum atomic E-state index is 10.5. The van der Waals surface area contributed by atoms with E-state index in [4.69, 9.17) is 9.84 Å². The van der Waals surface area contributed by atoms with Gasteiger partial charge in [-0.25, -0.2) is 0 Å². The van der Waals surface area contributed by atoms with Crippen LogP contribution in [0, 0.1) is 10.1 Å². The number of anilines is 1. The summed E-state index contributed by atoms with van der Waals surface area (Å²) in [5.74, 6) is 0.458. The van der Waals surface area contributed by atoms with Crippen LogP contribution < -0.4 is 10.1 Å². The SMILES string of the molecule is CNc1cc([N+](=O)[O-])cc(OCCO)n1. The minimum atomic E-state index is -0.533. The molecule has 0 spiro atoms. The monoisotopic (exact) mass is 213 g/mol. The number of hydrogen-bond acceptors (Lipinski definition) is 6. The summed E-state index contributed by atoms with van der Waals surface area (Å²) >= 11 is 0. The molecule has 0 amide bonds. The van der Waals surface area contributed by atoms with Gasteiger partial charge in [-0.3, -0.25) is 10.1 Å². The highest BCUT2D eigenvalue weighted by Gasteiger charge is 2.11. The molecule has 0 aliphatic carbocycles. The zero-order valence-electron chi connectivity index (χ0n) is 8.14. The van der Waals surface area contributed by atoms with Gasteiger partial charge in [-0.1, -0.05) is 0 Å². The number of nitrogens with zero attached hydrogens (tertiary/aromatic N) is 2. The first kappa shape index (κ1) is 11.2. The van der Waals surface area contributed by atoms with E-state index >= 15 is 0 Å². The van der Waals surface area contributed by atoms with Crippen LogP contribution in [0.25, 0.3) is 0 Å². The molecule has 82 valence electrons. The van der Waals surface area contributed by atoms with E-state index in [1.807, 2.05) is 0 Å². The average molecular weight is 213 g/mol. The van der Waals surface area contributed by atoms with Gasteiger partial charge in [-0.05, 0) is 0 Å². The summed E-state index contributed by atoms with van der Waals surface area (Å²) in [6, 6.07) is 2.50. The topological polar surface area (TPSA) is 97.5 Å². The maximum absolute atomic E-state index is 10.5. The van der Waals surface area contributed by atoms with Crippen molar-refractivity contribution in [2.45, 2.75) is 0 Å². The summed E-state index contributed by atoms with van der Waals surface area (Å²) in [5.41, 5.74) is -0.109. The van der Waals surface area contributed by atoms with Crippen molar-refractivity contribution in [3.05, 3.63) is 22.2 Å². The number of hydrogen-bond donors (Lipinski definition) is 2. The number of aliphatic hydroxyl groups excluding tert-OH is 1. The van der Waals surface area contributed by atoms with Crippen LogP contribution in [0.5, 0.6) is 5.88 Å². The first-order valence-corrected chi connectivity index (χ1v) is 4.25. The van der Waals surface area contributed by atoms with E-state index in [2.05, 4.69) is 10.3 Å². The molecule has 0 aliphatic rings. The van der Waals surface area contributed by atoms with E-state index in [1.165, 1.54) is 12.1 Å². The van der Waals surface area contributed by atoms with Crippen LogP contribution >= 0.6 is 0 Å². The molecular weight excluding hydrogens is 202 g/mol. The Morgan fingerprint density at radius 2 is 2.40 bits per heavy atom. The molecule has 0 bridgehead atoms. The van der Waals surface area contributed by atoms with Crippen molar-refractivity contribution in [1.29, 1.82) is 0 Å². The third-order valence-corrected chi connectivity index (χ3v) is 1.59. The van der Waals surface area contributed by atoms with Gasteiger partial charge in [0.15, 0.2) is 0 Å². The number of nitro groups is 1. The first-order valence-electron chi connectivity index (χ1n) is 4.25. The zero-order valence-corrected chi connectivity index (χ0v) is 8.14. The molecule has 7 heteroatoms. The quantitative estimate of drug-likeness (QED) is 0.542. The lowest BCUT2D eigenvalue weighted by Crippen LogP contribution is -2.05. The van der Waals surface area contributed by atoms with E-state index < -0.39 is 4.92 Å². The second kappa shape index (κ2) is 5.11. The molecule has 0 aromatic carbocycles. The lowest BCUT2D eigenvalue weighted by molar-refractivity contribution is -0.384. The highest BCUT2D eigenvalue weighted by Crippen LogP contribution is 2.21. The highest BCUT2D eigenvalue weighted by atomic mass is 16.6. The van der Waals surface area contributed by atoms with E-state index in [-0.39, 0.29) is 24.8 Å². The summed E-state index contributed by atoms with van der Waals surface area (Å²) in [5, 5.41) is 21.8. The van der Waals surface area contributed by atoms with Gasteiger partial charge in [-0.2, -0.15) is 4.98 Å². The van der Waals surface area contributed by atoms with Crippen LogP contribution in [0.1, 0.15) is 0 Å². The van der Waals surface area contributed by atoms with E-state index in [0.717, 1.165) is 0 Å². The molecule has 0 unspecified atom stereocenters. The predicted octanol–water partition coefficient (Wildman–Crippen LogP) is 0.403. The van der Waals surface area contributed by atoms with E-state index in [0.29, 0.717) is 5.82 Å². The van der Waals surface area contributed by atoms with Crippen molar-refractivity contribution >= 4 is 11.5 Å². The molecule has 7 nitrogen and oxygen atoms in total. The molecule has 1 aromatic heterocycles. The zero-order chi connectivity index (χ0) is 11.3. The van der Waals surface area contributed by atoms with Crippen molar-refractivity contribution in [3.63, 3.8) is 0 Å². The molecule has 0 fully saturated rings. The summed E-state index contributed by atoms with van der Waals surface area (Å²) in [7, 11) is 1.60. The van der Waals surface area contributed by atoms with Crippen molar-refractivity contribution in [2.24, 2.45) is 0 Å². The van der Waals surface area contributed by atoms with Gasteiger partial charge in [0.2, 0.25) is 5.88 Å². The average Bonchev–Trinajstić information content (AvgIpc) is 2.25. The Hall–Kier alpha value is -1.89. The first-order chi connectivity index (χ1) is 7.17. The van der Waals surface area contributed by atoms with Crippen LogP contribution in [0.4, 0.5) is 11.5 Å². The number of ether oxygens (including phenoxy) is 1. The van der Waals surface area contributed by atoms with Crippen LogP contribution in [0.2, 0.25) is 0 Å². The van der Waals surface area contributed by atoms with Crippen molar-refractivity contribution in [1.82, 2.24) is 4.98 Å². The van der Waals surface area contributed by atoms with Crippen LogP contribution in [0.3, 0.4) is 0 Å². The standard InChI is InChI=1S/C8H11N3O4/c1-9-7-4-6(11(13)14)5-8(10-7)15-3-2-12/h4-5,12H,2-3H2,1H3,(H,9,10). The number of rotatable bonds is 5. The van der Waals surface area contributed by atoms with Crippen molar-refractivity contribution in [2.75, 3.05) is 25.6 Å². The summed E-state index contributed by atoms with van der Waals surface area (Å²) in [6.07, 6.45) is 0. The fourth-order valence-electron chi connectivity index (χ4n) is 0.949. The lowest BCUT2D eigenvalue weighted by atomic mass is 10.4. The van der Waals surface area contributed by atoms with Crippen LogP contribution in [-0.2, 0) is 0 Å². The fourth-order valence-corrected chi connectivity index (χ4v) is 0.949. The molecule has 1 rings (SSSR count). The molecule has 1 heterocycles. The Morgan fingerprint density at radius 1 is 1.67 bits per heavy atom. The van der Waals surface area contributed by atoms with Gasteiger partial charge >= 0.3 is 0 Å². The van der Waals surface area contributed by atoms with Crippen LogP contribution in [0.15, 0.2) is 12.1 Å². The molecule has 15 heavy (non-hydrogen) atoms. The molecule has 0 saturated carbocycles. The summed E-state index contributed by atoms with van der Waals surface area (Å²) in [4.78, 5) is 13.9. The molecular formula is C8H11N3O4. The Bertz CT molecular complexity index is 356. The van der Waals surface area contributed by atoms with Gasteiger partial charge in [0, 0.05) is 7.05 Å².